The number of amides is 3. The lowest BCUT2D eigenvalue weighted by Gasteiger charge is -2.21. The zero-order chi connectivity index (χ0) is 28.7. The maximum Gasteiger partial charge on any atom is 0.312 e. The average molecular weight is 544 g/mol. The number of Topliss-reactive ketones (excluding diaryl/α,β-unsaturated/α-hetero) is 1. The lowest BCUT2D eigenvalue weighted by Crippen LogP contribution is -2.46. The molecule has 3 aromatic carbocycles. The Balaban J connectivity index is 1.64. The summed E-state index contributed by atoms with van der Waals surface area (Å²) in [7, 11) is 0. The Hall–Kier alpha value is -4.70. The number of nitrogens with one attached hydrogen (secondary N) is 5. The van der Waals surface area contributed by atoms with E-state index in [1.165, 1.54) is 0 Å². The topological polar surface area (TPSA) is 175 Å². The number of carbonyl (C=O) groups is 3. The second-order valence-corrected chi connectivity index (χ2v) is 9.39. The molecule has 0 spiro atoms. The van der Waals surface area contributed by atoms with Gasteiger partial charge in [-0.15, -0.1) is 0 Å². The maximum absolute atomic E-state index is 13.5. The minimum atomic E-state index is -0.621. The van der Waals surface area contributed by atoms with Crippen molar-refractivity contribution >= 4 is 23.7 Å². The summed E-state index contributed by atoms with van der Waals surface area (Å²) < 4.78 is 0. The van der Waals surface area contributed by atoms with Crippen LogP contribution in [0.5, 0.6) is 0 Å². The Bertz CT molecular complexity index is 1210. The number of primary amides is 1. The molecular formula is C30H37N7O3. The summed E-state index contributed by atoms with van der Waals surface area (Å²) in [5.41, 5.74) is 14.0. The Labute approximate surface area is 234 Å². The van der Waals surface area contributed by atoms with Gasteiger partial charge in [0.25, 0.3) is 0 Å². The molecule has 0 saturated carbocycles. The lowest BCUT2D eigenvalue weighted by atomic mass is 9.87. The van der Waals surface area contributed by atoms with E-state index in [2.05, 4.69) is 21.3 Å². The van der Waals surface area contributed by atoms with Gasteiger partial charge >= 0.3 is 6.03 Å². The second-order valence-electron chi connectivity index (χ2n) is 9.39. The molecule has 0 bridgehead atoms. The molecular weight excluding hydrogens is 506 g/mol. The van der Waals surface area contributed by atoms with Gasteiger partial charge in [-0.05, 0) is 35.1 Å². The van der Waals surface area contributed by atoms with E-state index in [0.717, 1.165) is 22.3 Å². The van der Waals surface area contributed by atoms with Crippen molar-refractivity contribution in [3.05, 3.63) is 107 Å². The largest absolute Gasteiger partial charge is 0.370 e. The van der Waals surface area contributed by atoms with Crippen molar-refractivity contribution in [1.29, 1.82) is 5.41 Å². The molecule has 1 atom stereocenters. The van der Waals surface area contributed by atoms with Gasteiger partial charge in [0.2, 0.25) is 5.91 Å². The zero-order valence-electron chi connectivity index (χ0n) is 22.4. The number of nitrogens with two attached hydrogens (primary N) is 2. The van der Waals surface area contributed by atoms with Gasteiger partial charge in [-0.3, -0.25) is 20.3 Å². The molecule has 0 heterocycles. The van der Waals surface area contributed by atoms with E-state index in [0.29, 0.717) is 32.5 Å². The van der Waals surface area contributed by atoms with Crippen molar-refractivity contribution in [1.82, 2.24) is 21.3 Å². The fourth-order valence-electron chi connectivity index (χ4n) is 4.31. The quantitative estimate of drug-likeness (QED) is 0.0877. The molecule has 0 aliphatic carbocycles. The molecule has 40 heavy (non-hydrogen) atoms. The highest BCUT2D eigenvalue weighted by molar-refractivity contribution is 5.91. The van der Waals surface area contributed by atoms with Crippen LogP contribution in [0.1, 0.15) is 41.0 Å². The third kappa shape index (κ3) is 9.88. The van der Waals surface area contributed by atoms with Gasteiger partial charge in [-0.2, -0.15) is 0 Å². The van der Waals surface area contributed by atoms with Gasteiger partial charge in [-0.25, -0.2) is 4.79 Å². The summed E-state index contributed by atoms with van der Waals surface area (Å²) in [6, 6.07) is 25.4. The van der Waals surface area contributed by atoms with Gasteiger partial charge in [0, 0.05) is 19.6 Å². The minimum absolute atomic E-state index is 0.00817. The van der Waals surface area contributed by atoms with Crippen molar-refractivity contribution in [2.24, 2.45) is 11.5 Å². The fraction of sp³-hybridized carbons (Fsp3) is 0.267. The molecule has 0 aromatic heterocycles. The Morgan fingerprint density at radius 3 is 1.75 bits per heavy atom. The molecule has 0 saturated heterocycles. The van der Waals surface area contributed by atoms with Gasteiger partial charge in [-0.1, -0.05) is 84.9 Å². The van der Waals surface area contributed by atoms with Crippen LogP contribution < -0.4 is 32.7 Å². The highest BCUT2D eigenvalue weighted by Crippen LogP contribution is 2.25. The average Bonchev–Trinajstić information content (AvgIpc) is 2.96. The van der Waals surface area contributed by atoms with E-state index < -0.39 is 18.0 Å². The minimum Gasteiger partial charge on any atom is -0.370 e. The van der Waals surface area contributed by atoms with Crippen LogP contribution in [0.25, 0.3) is 0 Å². The molecule has 3 aromatic rings. The highest BCUT2D eigenvalue weighted by atomic mass is 16.2. The van der Waals surface area contributed by atoms with Crippen LogP contribution in [-0.4, -0.2) is 42.8 Å². The zero-order valence-corrected chi connectivity index (χ0v) is 22.4. The predicted molar refractivity (Wildman–Crippen MR) is 155 cm³/mol. The van der Waals surface area contributed by atoms with E-state index in [1.807, 2.05) is 84.9 Å². The van der Waals surface area contributed by atoms with Crippen molar-refractivity contribution < 1.29 is 14.4 Å². The number of rotatable bonds is 15. The van der Waals surface area contributed by atoms with E-state index in [9.17, 15) is 14.4 Å². The highest BCUT2D eigenvalue weighted by Gasteiger charge is 2.25. The van der Waals surface area contributed by atoms with Gasteiger partial charge in [0.1, 0.15) is 0 Å². The Morgan fingerprint density at radius 1 is 0.725 bits per heavy atom. The van der Waals surface area contributed by atoms with Crippen LogP contribution in [0.15, 0.2) is 84.9 Å². The van der Waals surface area contributed by atoms with Crippen LogP contribution >= 0.6 is 0 Å². The fourth-order valence-corrected chi connectivity index (χ4v) is 4.31. The first-order valence-electron chi connectivity index (χ1n) is 13.2. The number of ketones is 1. The van der Waals surface area contributed by atoms with Crippen LogP contribution in [-0.2, 0) is 22.7 Å². The number of guanidine groups is 1. The predicted octanol–water partition coefficient (Wildman–Crippen LogP) is 2.09. The second kappa shape index (κ2) is 15.6. The molecule has 3 rings (SSSR count). The molecule has 0 unspecified atom stereocenters. The molecule has 210 valence electrons. The normalized spacial score (nSPS) is 11.4. The molecule has 0 aliphatic rings. The standard InChI is InChI=1S/C30H37N7O3/c31-29(32)34-17-7-12-25(28(39)36-18-21-13-15-22(16-14-21)19-37-30(33)40)35-20-26(38)27(23-8-3-1-4-9-23)24-10-5-2-6-11-24/h1-6,8-11,13-16,25,27,35H,7,12,17-20H2,(H,36,39)(H4,31,32,34)(H3,33,37,40)/t25-/m1/s1. The van der Waals surface area contributed by atoms with Crippen LogP contribution in [0.4, 0.5) is 4.79 Å². The van der Waals surface area contributed by atoms with Gasteiger partial charge in [0.05, 0.1) is 18.5 Å². The molecule has 10 heteroatoms. The third-order valence-electron chi connectivity index (χ3n) is 6.37. The molecule has 10 nitrogen and oxygen atoms in total. The maximum atomic E-state index is 13.5. The SMILES string of the molecule is N=C(N)NCCC[C@@H](NCC(=O)C(c1ccccc1)c1ccccc1)C(=O)NCc1ccc(CNC(N)=O)cc1. The summed E-state index contributed by atoms with van der Waals surface area (Å²) in [6.07, 6.45) is 1.01. The van der Waals surface area contributed by atoms with E-state index in [1.54, 1.807) is 0 Å². The molecule has 3 amide bonds. The van der Waals surface area contributed by atoms with Crippen molar-refractivity contribution in [3.63, 3.8) is 0 Å². The molecule has 0 radical (unpaired) electrons. The molecule has 0 aliphatic heterocycles. The molecule has 9 N–H and O–H groups in total. The summed E-state index contributed by atoms with van der Waals surface area (Å²) in [5.74, 6) is -0.865. The third-order valence-corrected chi connectivity index (χ3v) is 6.37. The van der Waals surface area contributed by atoms with Gasteiger partial charge < -0.3 is 27.4 Å². The Morgan fingerprint density at radius 2 is 1.25 bits per heavy atom. The summed E-state index contributed by atoms with van der Waals surface area (Å²) in [4.78, 5) is 37.6. The summed E-state index contributed by atoms with van der Waals surface area (Å²) in [5, 5.41) is 18.7. The van der Waals surface area contributed by atoms with Crippen molar-refractivity contribution in [2.75, 3.05) is 13.1 Å². The molecule has 0 fully saturated rings. The monoisotopic (exact) mass is 543 g/mol. The smallest absolute Gasteiger partial charge is 0.312 e. The number of benzene rings is 3. The first kappa shape index (κ1) is 29.9. The van der Waals surface area contributed by atoms with E-state index in [-0.39, 0.29) is 24.2 Å². The Kier molecular flexibility index (Phi) is 11.7. The van der Waals surface area contributed by atoms with Gasteiger partial charge in [0.15, 0.2) is 11.7 Å². The van der Waals surface area contributed by atoms with Crippen LogP contribution in [0, 0.1) is 5.41 Å². The first-order chi connectivity index (χ1) is 19.3. The van der Waals surface area contributed by atoms with E-state index in [4.69, 9.17) is 16.9 Å². The lowest BCUT2D eigenvalue weighted by molar-refractivity contribution is -0.124. The van der Waals surface area contributed by atoms with Crippen LogP contribution in [0.2, 0.25) is 0 Å². The summed E-state index contributed by atoms with van der Waals surface area (Å²) in [6.45, 7) is 1.07. The first-order valence-corrected chi connectivity index (χ1v) is 13.2. The van der Waals surface area contributed by atoms with E-state index >= 15 is 0 Å². The van der Waals surface area contributed by atoms with Crippen LogP contribution in [0.3, 0.4) is 0 Å². The van der Waals surface area contributed by atoms with Crippen molar-refractivity contribution in [3.8, 4) is 0 Å². The number of carbonyl (C=O) groups excluding carboxylic acids is 3. The number of hydrogen-bond donors (Lipinski definition) is 7. The number of hydrogen-bond acceptors (Lipinski definition) is 5. The summed E-state index contributed by atoms with van der Waals surface area (Å²) >= 11 is 0. The van der Waals surface area contributed by atoms with Crippen molar-refractivity contribution in [2.45, 2.75) is 37.9 Å². The number of urea groups is 1.